The van der Waals surface area contributed by atoms with Gasteiger partial charge in [-0.2, -0.15) is 0 Å². The van der Waals surface area contributed by atoms with E-state index in [0.29, 0.717) is 34.4 Å². The van der Waals surface area contributed by atoms with E-state index in [0.717, 1.165) is 5.56 Å². The minimum absolute atomic E-state index is 0.00205. The molecule has 1 aromatic carbocycles. The van der Waals surface area contributed by atoms with Gasteiger partial charge >= 0.3 is 0 Å². The fraction of sp³-hybridized carbons (Fsp3) is 0.312. The van der Waals surface area contributed by atoms with Gasteiger partial charge in [0.2, 0.25) is 0 Å². The fourth-order valence-electron chi connectivity index (χ4n) is 2.86. The summed E-state index contributed by atoms with van der Waals surface area (Å²) in [5, 5.41) is 14.9. The van der Waals surface area contributed by atoms with Crippen LogP contribution < -0.4 is 5.32 Å². The summed E-state index contributed by atoms with van der Waals surface area (Å²) in [6.07, 6.45) is 0. The highest BCUT2D eigenvalue weighted by molar-refractivity contribution is 7.14. The van der Waals surface area contributed by atoms with Crippen LogP contribution in [0.3, 0.4) is 0 Å². The van der Waals surface area contributed by atoms with E-state index in [1.807, 2.05) is 18.2 Å². The van der Waals surface area contributed by atoms with Crippen LogP contribution in [0.4, 0.5) is 5.69 Å². The van der Waals surface area contributed by atoms with Crippen molar-refractivity contribution >= 4 is 34.5 Å². The van der Waals surface area contributed by atoms with Crippen molar-refractivity contribution in [2.75, 3.05) is 19.6 Å². The maximum Gasteiger partial charge on any atom is 0.283 e. The second kappa shape index (κ2) is 6.88. The molecule has 3 rings (SSSR count). The van der Waals surface area contributed by atoms with Crippen LogP contribution in [-0.4, -0.2) is 35.4 Å². The molecular formula is C16H16ClN3O3S. The largest absolute Gasteiger partial charge is 0.328 e. The molecule has 0 aliphatic carbocycles. The van der Waals surface area contributed by atoms with Gasteiger partial charge in [-0.3, -0.25) is 14.9 Å². The van der Waals surface area contributed by atoms with Crippen molar-refractivity contribution in [1.82, 2.24) is 10.2 Å². The van der Waals surface area contributed by atoms with E-state index in [4.69, 9.17) is 11.6 Å². The lowest BCUT2D eigenvalue weighted by molar-refractivity contribution is -0.385. The Morgan fingerprint density at radius 3 is 2.92 bits per heavy atom. The normalized spacial score (nSPS) is 17.8. The molecule has 2 heterocycles. The average Bonchev–Trinajstić information content (AvgIpc) is 2.96. The number of carbonyl (C=O) groups is 1. The Hall–Kier alpha value is -1.96. The SMILES string of the molecule is Cc1sc(C(=O)N2CCNCC2c2cccc(Cl)c2)cc1[N+](=O)[O-]. The molecule has 0 spiro atoms. The Morgan fingerprint density at radius 2 is 2.25 bits per heavy atom. The number of hydrogen-bond donors (Lipinski definition) is 1. The molecule has 1 aliphatic heterocycles. The molecule has 0 bridgehead atoms. The van der Waals surface area contributed by atoms with E-state index in [1.165, 1.54) is 17.4 Å². The molecule has 6 nitrogen and oxygen atoms in total. The van der Waals surface area contributed by atoms with E-state index in [-0.39, 0.29) is 17.6 Å². The molecule has 1 atom stereocenters. The monoisotopic (exact) mass is 365 g/mol. The van der Waals surface area contributed by atoms with Crippen molar-refractivity contribution in [3.05, 3.63) is 60.8 Å². The number of thiophene rings is 1. The Labute approximate surface area is 148 Å². The van der Waals surface area contributed by atoms with Crippen molar-refractivity contribution in [3.63, 3.8) is 0 Å². The van der Waals surface area contributed by atoms with Gasteiger partial charge in [0.1, 0.15) is 0 Å². The number of carbonyl (C=O) groups excluding carboxylic acids is 1. The molecule has 0 saturated carbocycles. The van der Waals surface area contributed by atoms with Crippen molar-refractivity contribution in [2.24, 2.45) is 0 Å². The predicted molar refractivity (Wildman–Crippen MR) is 93.8 cm³/mol. The summed E-state index contributed by atoms with van der Waals surface area (Å²) < 4.78 is 0. The summed E-state index contributed by atoms with van der Waals surface area (Å²) in [7, 11) is 0. The van der Waals surface area contributed by atoms with Crippen molar-refractivity contribution in [2.45, 2.75) is 13.0 Å². The smallest absolute Gasteiger partial charge is 0.283 e. The second-order valence-electron chi connectivity index (χ2n) is 5.58. The quantitative estimate of drug-likeness (QED) is 0.668. The Bertz CT molecular complexity index is 793. The number of nitrogens with zero attached hydrogens (tertiary/aromatic N) is 2. The summed E-state index contributed by atoms with van der Waals surface area (Å²) >= 11 is 7.24. The van der Waals surface area contributed by atoms with Crippen molar-refractivity contribution in [1.29, 1.82) is 0 Å². The van der Waals surface area contributed by atoms with E-state index >= 15 is 0 Å². The molecule has 1 aliphatic rings. The summed E-state index contributed by atoms with van der Waals surface area (Å²) in [5.41, 5.74) is 0.948. The van der Waals surface area contributed by atoms with Crippen LogP contribution in [0.15, 0.2) is 30.3 Å². The lowest BCUT2D eigenvalue weighted by Crippen LogP contribution is -2.48. The zero-order chi connectivity index (χ0) is 17.3. The molecule has 1 unspecified atom stereocenters. The highest BCUT2D eigenvalue weighted by atomic mass is 35.5. The summed E-state index contributed by atoms with van der Waals surface area (Å²) in [6, 6.07) is 8.66. The zero-order valence-corrected chi connectivity index (χ0v) is 14.6. The highest BCUT2D eigenvalue weighted by Crippen LogP contribution is 2.32. The minimum Gasteiger partial charge on any atom is -0.328 e. The van der Waals surface area contributed by atoms with Gasteiger partial charge in [-0.15, -0.1) is 11.3 Å². The first-order valence-electron chi connectivity index (χ1n) is 7.49. The van der Waals surface area contributed by atoms with Crippen LogP contribution in [0.25, 0.3) is 0 Å². The lowest BCUT2D eigenvalue weighted by atomic mass is 10.0. The number of aryl methyl sites for hydroxylation is 1. The first kappa shape index (κ1) is 16.9. The fourth-order valence-corrected chi connectivity index (χ4v) is 4.00. The number of halogens is 1. The van der Waals surface area contributed by atoms with Crippen LogP contribution in [0.1, 0.15) is 26.2 Å². The van der Waals surface area contributed by atoms with Gasteiger partial charge in [-0.1, -0.05) is 23.7 Å². The van der Waals surface area contributed by atoms with Gasteiger partial charge in [0.05, 0.1) is 20.7 Å². The van der Waals surface area contributed by atoms with E-state index in [9.17, 15) is 14.9 Å². The van der Waals surface area contributed by atoms with Crippen LogP contribution in [-0.2, 0) is 0 Å². The Kier molecular flexibility index (Phi) is 4.84. The number of nitrogens with one attached hydrogen (secondary N) is 1. The number of hydrogen-bond acceptors (Lipinski definition) is 5. The third-order valence-electron chi connectivity index (χ3n) is 4.04. The summed E-state index contributed by atoms with van der Waals surface area (Å²) in [4.78, 5) is 26.2. The molecule has 126 valence electrons. The van der Waals surface area contributed by atoms with Gasteiger partial charge in [-0.25, -0.2) is 0 Å². The first-order valence-corrected chi connectivity index (χ1v) is 8.69. The van der Waals surface area contributed by atoms with Crippen molar-refractivity contribution < 1.29 is 9.72 Å². The van der Waals surface area contributed by atoms with E-state index < -0.39 is 4.92 Å². The second-order valence-corrected chi connectivity index (χ2v) is 7.28. The summed E-state index contributed by atoms with van der Waals surface area (Å²) in [5.74, 6) is -0.178. The molecule has 1 aromatic heterocycles. The molecule has 2 aromatic rings. The van der Waals surface area contributed by atoms with Gasteiger partial charge in [0.25, 0.3) is 11.6 Å². The van der Waals surface area contributed by atoms with Crippen molar-refractivity contribution in [3.8, 4) is 0 Å². The first-order chi connectivity index (χ1) is 11.5. The Morgan fingerprint density at radius 1 is 1.46 bits per heavy atom. The molecular weight excluding hydrogens is 350 g/mol. The number of nitro groups is 1. The molecule has 1 amide bonds. The number of piperazine rings is 1. The molecule has 1 saturated heterocycles. The number of benzene rings is 1. The lowest BCUT2D eigenvalue weighted by Gasteiger charge is -2.36. The maximum atomic E-state index is 12.9. The van der Waals surface area contributed by atoms with Gasteiger partial charge in [0, 0.05) is 30.7 Å². The molecule has 8 heteroatoms. The number of amides is 1. The molecule has 24 heavy (non-hydrogen) atoms. The molecule has 0 radical (unpaired) electrons. The van der Waals surface area contributed by atoms with Gasteiger partial charge in [0.15, 0.2) is 0 Å². The summed E-state index contributed by atoms with van der Waals surface area (Å²) in [6.45, 7) is 3.51. The van der Waals surface area contributed by atoms with Gasteiger partial charge < -0.3 is 10.2 Å². The predicted octanol–water partition coefficient (Wildman–Crippen LogP) is 3.40. The topological polar surface area (TPSA) is 75.5 Å². The number of rotatable bonds is 3. The van der Waals surface area contributed by atoms with Crippen LogP contribution in [0, 0.1) is 17.0 Å². The molecule has 1 N–H and O–H groups in total. The van der Waals surface area contributed by atoms with Crippen LogP contribution >= 0.6 is 22.9 Å². The standard InChI is InChI=1S/C16H16ClN3O3S/c1-10-13(20(22)23)8-15(24-10)16(21)19-6-5-18-9-14(19)11-3-2-4-12(17)7-11/h2-4,7-8,14,18H,5-6,9H2,1H3. The van der Waals surface area contributed by atoms with E-state index in [2.05, 4.69) is 5.32 Å². The third-order valence-corrected chi connectivity index (χ3v) is 5.30. The van der Waals surface area contributed by atoms with Gasteiger partial charge in [-0.05, 0) is 24.6 Å². The van der Waals surface area contributed by atoms with E-state index in [1.54, 1.807) is 17.9 Å². The third kappa shape index (κ3) is 3.28. The van der Waals surface area contributed by atoms with Crippen LogP contribution in [0.5, 0.6) is 0 Å². The average molecular weight is 366 g/mol. The minimum atomic E-state index is -0.450. The van der Waals surface area contributed by atoms with Crippen LogP contribution in [0.2, 0.25) is 5.02 Å². The maximum absolute atomic E-state index is 12.9. The highest BCUT2D eigenvalue weighted by Gasteiger charge is 2.31. The molecule has 1 fully saturated rings. The Balaban J connectivity index is 1.91. The zero-order valence-electron chi connectivity index (χ0n) is 13.0.